The van der Waals surface area contributed by atoms with E-state index in [4.69, 9.17) is 9.47 Å². The summed E-state index contributed by atoms with van der Waals surface area (Å²) in [5.74, 6) is 0.787. The minimum Gasteiger partial charge on any atom is -0.493 e. The van der Waals surface area contributed by atoms with Gasteiger partial charge in [0.05, 0.1) is 35.3 Å². The molecule has 0 radical (unpaired) electrons. The minimum atomic E-state index is -0.526. The zero-order valence-electron chi connectivity index (χ0n) is 18.9. The zero-order valence-corrected chi connectivity index (χ0v) is 20.5. The smallest absolute Gasteiger partial charge is 0.315 e. The van der Waals surface area contributed by atoms with Crippen LogP contribution in [0.1, 0.15) is 45.0 Å². The normalized spacial score (nSPS) is 12.3. The van der Waals surface area contributed by atoms with Crippen LogP contribution in [-0.4, -0.2) is 34.0 Å². The number of aromatic nitrogens is 2. The number of ether oxygens (including phenoxy) is 2. The number of methoxy groups -OCH3 is 1. The van der Waals surface area contributed by atoms with Gasteiger partial charge in [0.1, 0.15) is 5.82 Å². The molecule has 0 saturated carbocycles. The lowest BCUT2D eigenvalue weighted by Crippen LogP contribution is -2.22. The molecular weight excluding hydrogens is 492 g/mol. The Bertz CT molecular complexity index is 1270. The van der Waals surface area contributed by atoms with Crippen LogP contribution in [0.3, 0.4) is 0 Å². The van der Waals surface area contributed by atoms with E-state index in [1.54, 1.807) is 18.2 Å². The number of hydrogen-bond donors (Lipinski definition) is 0. The van der Waals surface area contributed by atoms with Crippen molar-refractivity contribution in [3.05, 3.63) is 66.7 Å². The fraction of sp³-hybridized carbons (Fsp3) is 0.348. The Balaban J connectivity index is 2.13. The van der Waals surface area contributed by atoms with Crippen LogP contribution >= 0.6 is 15.9 Å². The number of hydrogen-bond acceptors (Lipinski definition) is 7. The van der Waals surface area contributed by atoms with Crippen LogP contribution in [0.4, 0.5) is 5.69 Å². The summed E-state index contributed by atoms with van der Waals surface area (Å²) in [4.78, 5) is 28.9. The van der Waals surface area contributed by atoms with E-state index in [1.165, 1.54) is 24.1 Å². The average molecular weight is 517 g/mol. The van der Waals surface area contributed by atoms with Crippen molar-refractivity contribution in [1.29, 1.82) is 0 Å². The number of aryl methyl sites for hydroxylation is 1. The van der Waals surface area contributed by atoms with Crippen molar-refractivity contribution < 1.29 is 14.4 Å². The number of nitro groups is 1. The maximum Gasteiger partial charge on any atom is 0.315 e. The van der Waals surface area contributed by atoms with Crippen LogP contribution in [0.5, 0.6) is 11.5 Å². The highest BCUT2D eigenvalue weighted by molar-refractivity contribution is 9.10. The molecule has 0 aliphatic heterocycles. The fourth-order valence-corrected chi connectivity index (χ4v) is 3.56. The van der Waals surface area contributed by atoms with Gasteiger partial charge in [-0.15, -0.1) is 0 Å². The lowest BCUT2D eigenvalue weighted by molar-refractivity contribution is -0.386. The maximum atomic E-state index is 13.1. The summed E-state index contributed by atoms with van der Waals surface area (Å²) in [6.07, 6.45) is 3.15. The number of rotatable bonds is 9. The van der Waals surface area contributed by atoms with E-state index in [9.17, 15) is 14.9 Å². The van der Waals surface area contributed by atoms with Crippen LogP contribution < -0.4 is 15.0 Å². The summed E-state index contributed by atoms with van der Waals surface area (Å²) in [5.41, 5.74) is 0.415. The molecule has 0 saturated heterocycles. The zero-order chi connectivity index (χ0) is 24.1. The van der Waals surface area contributed by atoms with Gasteiger partial charge in [-0.05, 0) is 44.0 Å². The first-order valence-corrected chi connectivity index (χ1v) is 11.4. The van der Waals surface area contributed by atoms with E-state index < -0.39 is 4.92 Å². The summed E-state index contributed by atoms with van der Waals surface area (Å²) in [7, 11) is 1.42. The number of nitro benzene ring substituents is 1. The van der Waals surface area contributed by atoms with Crippen LogP contribution in [0, 0.1) is 10.1 Å². The summed E-state index contributed by atoms with van der Waals surface area (Å²) in [6, 6.07) is 8.23. The van der Waals surface area contributed by atoms with Crippen molar-refractivity contribution in [1.82, 2.24) is 9.66 Å². The predicted octanol–water partition coefficient (Wildman–Crippen LogP) is 5.09. The fourth-order valence-electron chi connectivity index (χ4n) is 3.20. The second kappa shape index (κ2) is 10.6. The third kappa shape index (κ3) is 5.39. The van der Waals surface area contributed by atoms with Gasteiger partial charge in [0, 0.05) is 22.5 Å². The molecule has 9 nitrogen and oxygen atoms in total. The Labute approximate surface area is 199 Å². The molecule has 3 rings (SSSR count). The van der Waals surface area contributed by atoms with Crippen molar-refractivity contribution in [2.24, 2.45) is 5.10 Å². The van der Waals surface area contributed by atoms with E-state index in [2.05, 4.69) is 26.0 Å². The highest BCUT2D eigenvalue weighted by atomic mass is 79.9. The topological polar surface area (TPSA) is 109 Å². The Morgan fingerprint density at radius 1 is 1.30 bits per heavy atom. The van der Waals surface area contributed by atoms with E-state index >= 15 is 0 Å². The minimum absolute atomic E-state index is 0.0649. The molecule has 10 heteroatoms. The molecule has 3 aromatic rings. The number of fused-ring (bicyclic) bond motifs is 1. The quantitative estimate of drug-likeness (QED) is 0.222. The molecule has 1 heterocycles. The predicted molar refractivity (Wildman–Crippen MR) is 131 cm³/mol. The molecule has 0 aliphatic rings. The Hall–Kier alpha value is -3.27. The van der Waals surface area contributed by atoms with Crippen LogP contribution in [0.25, 0.3) is 10.9 Å². The number of benzene rings is 2. The summed E-state index contributed by atoms with van der Waals surface area (Å²) in [5, 5.41) is 16.5. The average Bonchev–Trinajstić information content (AvgIpc) is 2.79. The van der Waals surface area contributed by atoms with Gasteiger partial charge in [-0.1, -0.05) is 29.8 Å². The van der Waals surface area contributed by atoms with Crippen molar-refractivity contribution in [2.75, 3.05) is 7.11 Å². The van der Waals surface area contributed by atoms with Crippen LogP contribution in [-0.2, 0) is 6.42 Å². The molecular formula is C23H25BrN4O5. The van der Waals surface area contributed by atoms with Gasteiger partial charge in [-0.2, -0.15) is 9.78 Å². The number of nitrogens with zero attached hydrogens (tertiary/aromatic N) is 4. The Morgan fingerprint density at radius 3 is 2.70 bits per heavy atom. The molecule has 0 bridgehead atoms. The second-order valence-electron chi connectivity index (χ2n) is 7.47. The van der Waals surface area contributed by atoms with Crippen molar-refractivity contribution in [3.8, 4) is 11.5 Å². The summed E-state index contributed by atoms with van der Waals surface area (Å²) >= 11 is 3.38. The molecule has 0 amide bonds. The third-order valence-corrected chi connectivity index (χ3v) is 5.53. The maximum absolute atomic E-state index is 13.1. The molecule has 0 N–H and O–H groups in total. The SMILES string of the molecule is CCCc1nc2ccc(Br)cc2c(=O)n1N=Cc1cc(OC)c(O[C@@H](C)CC)c([N+](=O)[O-])c1. The van der Waals surface area contributed by atoms with Gasteiger partial charge < -0.3 is 9.47 Å². The van der Waals surface area contributed by atoms with Gasteiger partial charge in [0.25, 0.3) is 5.56 Å². The molecule has 33 heavy (non-hydrogen) atoms. The molecule has 0 spiro atoms. The standard InChI is InChI=1S/C23H25BrN4O5/c1-5-7-21-26-18-9-8-16(24)12-17(18)23(29)27(21)25-13-15-10-19(28(30)31)22(20(11-15)32-4)33-14(3)6-2/h8-14H,5-7H2,1-4H3/t14-/m0/s1. The van der Waals surface area contributed by atoms with Crippen LogP contribution in [0.15, 0.2) is 44.7 Å². The second-order valence-corrected chi connectivity index (χ2v) is 8.38. The summed E-state index contributed by atoms with van der Waals surface area (Å²) in [6.45, 7) is 5.73. The summed E-state index contributed by atoms with van der Waals surface area (Å²) < 4.78 is 13.1. The Kier molecular flexibility index (Phi) is 7.80. The molecule has 1 aromatic heterocycles. The van der Waals surface area contributed by atoms with Crippen molar-refractivity contribution >= 4 is 38.7 Å². The monoisotopic (exact) mass is 516 g/mol. The third-order valence-electron chi connectivity index (χ3n) is 5.04. The van der Waals surface area contributed by atoms with E-state index in [1.807, 2.05) is 26.8 Å². The van der Waals surface area contributed by atoms with Crippen molar-refractivity contribution in [3.63, 3.8) is 0 Å². The molecule has 2 aromatic carbocycles. The Morgan fingerprint density at radius 2 is 2.06 bits per heavy atom. The first-order chi connectivity index (χ1) is 15.8. The molecule has 174 valence electrons. The van der Waals surface area contributed by atoms with Gasteiger partial charge >= 0.3 is 5.69 Å². The van der Waals surface area contributed by atoms with E-state index in [0.29, 0.717) is 35.1 Å². The molecule has 1 atom stereocenters. The molecule has 0 aliphatic carbocycles. The number of halogens is 1. The molecule has 0 fully saturated rings. The van der Waals surface area contributed by atoms with Gasteiger partial charge in [0.15, 0.2) is 5.75 Å². The first-order valence-electron chi connectivity index (χ1n) is 10.6. The van der Waals surface area contributed by atoms with E-state index in [0.717, 1.165) is 10.9 Å². The van der Waals surface area contributed by atoms with E-state index in [-0.39, 0.29) is 28.8 Å². The largest absolute Gasteiger partial charge is 0.493 e. The lowest BCUT2D eigenvalue weighted by Gasteiger charge is -2.16. The molecule has 0 unspecified atom stereocenters. The van der Waals surface area contributed by atoms with Gasteiger partial charge in [-0.3, -0.25) is 14.9 Å². The van der Waals surface area contributed by atoms with Crippen LogP contribution in [0.2, 0.25) is 0 Å². The highest BCUT2D eigenvalue weighted by Gasteiger charge is 2.23. The van der Waals surface area contributed by atoms with Gasteiger partial charge in [0.2, 0.25) is 5.75 Å². The highest BCUT2D eigenvalue weighted by Crippen LogP contribution is 2.39. The first kappa shape index (κ1) is 24.4. The van der Waals surface area contributed by atoms with Gasteiger partial charge in [-0.25, -0.2) is 4.98 Å². The van der Waals surface area contributed by atoms with Crippen molar-refractivity contribution in [2.45, 2.75) is 46.1 Å². The lowest BCUT2D eigenvalue weighted by atomic mass is 10.1.